The van der Waals surface area contributed by atoms with Crippen LogP contribution in [-0.4, -0.2) is 17.0 Å². The minimum absolute atomic E-state index is 0.0577. The SMILES string of the molecule is Cc1cc2c(cc1C)CN(CCC(C)(N)CCCc1cccs1)C2. The van der Waals surface area contributed by atoms with Gasteiger partial charge in [0.15, 0.2) is 0 Å². The zero-order chi connectivity index (χ0) is 17.2. The van der Waals surface area contributed by atoms with Crippen LogP contribution in [0.5, 0.6) is 0 Å². The van der Waals surface area contributed by atoms with Crippen molar-refractivity contribution >= 4 is 11.3 Å². The summed E-state index contributed by atoms with van der Waals surface area (Å²) in [7, 11) is 0. The first-order chi connectivity index (χ1) is 11.4. The highest BCUT2D eigenvalue weighted by atomic mass is 32.1. The minimum atomic E-state index is -0.0577. The fourth-order valence-electron chi connectivity index (χ4n) is 3.59. The van der Waals surface area contributed by atoms with Gasteiger partial charge in [-0.2, -0.15) is 0 Å². The molecule has 130 valence electrons. The third-order valence-electron chi connectivity index (χ3n) is 5.35. The average Bonchev–Trinajstić information content (AvgIpc) is 3.15. The largest absolute Gasteiger partial charge is 0.325 e. The maximum atomic E-state index is 6.56. The Bertz CT molecular complexity index is 642. The average molecular weight is 343 g/mol. The molecule has 3 heteroatoms. The van der Waals surface area contributed by atoms with E-state index in [0.717, 1.165) is 38.9 Å². The molecule has 2 heterocycles. The van der Waals surface area contributed by atoms with Gasteiger partial charge in [0, 0.05) is 30.1 Å². The number of hydrogen-bond donors (Lipinski definition) is 1. The summed E-state index contributed by atoms with van der Waals surface area (Å²) in [6.07, 6.45) is 4.53. The van der Waals surface area contributed by atoms with Gasteiger partial charge in [-0.15, -0.1) is 11.3 Å². The van der Waals surface area contributed by atoms with Crippen LogP contribution in [0, 0.1) is 13.8 Å². The van der Waals surface area contributed by atoms with Gasteiger partial charge >= 0.3 is 0 Å². The van der Waals surface area contributed by atoms with Gasteiger partial charge in [0.2, 0.25) is 0 Å². The number of hydrogen-bond acceptors (Lipinski definition) is 3. The second-order valence-corrected chi connectivity index (χ2v) is 8.79. The summed E-state index contributed by atoms with van der Waals surface area (Å²) in [6.45, 7) is 9.91. The standard InChI is InChI=1S/C21H30N2S/c1-16-12-18-14-23(15-19(18)13-17(16)2)10-9-21(3,22)8-4-6-20-7-5-11-24-20/h5,7,11-13H,4,6,8-10,14-15,22H2,1-3H3. The number of rotatable bonds is 7. The Morgan fingerprint density at radius 3 is 2.38 bits per heavy atom. The normalized spacial score (nSPS) is 17.0. The van der Waals surface area contributed by atoms with Crippen molar-refractivity contribution in [3.8, 4) is 0 Å². The number of benzene rings is 1. The van der Waals surface area contributed by atoms with Gasteiger partial charge in [0.05, 0.1) is 0 Å². The molecule has 0 radical (unpaired) electrons. The number of thiophene rings is 1. The second-order valence-electron chi connectivity index (χ2n) is 7.75. The molecule has 0 fully saturated rings. The van der Waals surface area contributed by atoms with Crippen molar-refractivity contribution in [1.29, 1.82) is 0 Å². The lowest BCUT2D eigenvalue weighted by molar-refractivity contribution is 0.242. The fourth-order valence-corrected chi connectivity index (χ4v) is 4.34. The third kappa shape index (κ3) is 4.47. The van der Waals surface area contributed by atoms with Crippen LogP contribution in [0.2, 0.25) is 0 Å². The number of aryl methyl sites for hydroxylation is 3. The van der Waals surface area contributed by atoms with E-state index < -0.39 is 0 Å². The fraction of sp³-hybridized carbons (Fsp3) is 0.524. The predicted octanol–water partition coefficient (Wildman–Crippen LogP) is 4.81. The Balaban J connectivity index is 1.45. The lowest BCUT2D eigenvalue weighted by atomic mass is 9.92. The van der Waals surface area contributed by atoms with E-state index >= 15 is 0 Å². The van der Waals surface area contributed by atoms with Gasteiger partial charge in [0.1, 0.15) is 0 Å². The lowest BCUT2D eigenvalue weighted by Crippen LogP contribution is -2.39. The van der Waals surface area contributed by atoms with E-state index in [9.17, 15) is 0 Å². The molecular weight excluding hydrogens is 312 g/mol. The van der Waals surface area contributed by atoms with E-state index in [1.165, 1.54) is 33.6 Å². The third-order valence-corrected chi connectivity index (χ3v) is 6.29. The Hall–Kier alpha value is -1.16. The molecule has 0 aliphatic carbocycles. The van der Waals surface area contributed by atoms with Gasteiger partial charge in [-0.1, -0.05) is 18.2 Å². The van der Waals surface area contributed by atoms with Crippen molar-refractivity contribution in [2.24, 2.45) is 5.73 Å². The highest BCUT2D eigenvalue weighted by Crippen LogP contribution is 2.27. The van der Waals surface area contributed by atoms with Gasteiger partial charge in [0.25, 0.3) is 0 Å². The van der Waals surface area contributed by atoms with Gasteiger partial charge in [-0.25, -0.2) is 0 Å². The molecule has 0 amide bonds. The number of fused-ring (bicyclic) bond motifs is 1. The summed E-state index contributed by atoms with van der Waals surface area (Å²) in [5.74, 6) is 0. The molecule has 2 nitrogen and oxygen atoms in total. The van der Waals surface area contributed by atoms with Crippen LogP contribution < -0.4 is 5.73 Å². The van der Waals surface area contributed by atoms with E-state index in [4.69, 9.17) is 5.73 Å². The highest BCUT2D eigenvalue weighted by molar-refractivity contribution is 7.09. The molecule has 1 aliphatic rings. The predicted molar refractivity (Wildman–Crippen MR) is 104 cm³/mol. The lowest BCUT2D eigenvalue weighted by Gasteiger charge is -2.27. The zero-order valence-corrected chi connectivity index (χ0v) is 16.1. The Morgan fingerprint density at radius 2 is 1.79 bits per heavy atom. The highest BCUT2D eigenvalue weighted by Gasteiger charge is 2.23. The molecule has 1 aromatic carbocycles. The van der Waals surface area contributed by atoms with Crippen molar-refractivity contribution in [2.75, 3.05) is 6.54 Å². The molecule has 3 rings (SSSR count). The van der Waals surface area contributed by atoms with Crippen LogP contribution in [0.3, 0.4) is 0 Å². The van der Waals surface area contributed by atoms with Crippen LogP contribution in [0.15, 0.2) is 29.6 Å². The van der Waals surface area contributed by atoms with Crippen LogP contribution in [0.4, 0.5) is 0 Å². The Morgan fingerprint density at radius 1 is 1.12 bits per heavy atom. The van der Waals surface area contributed by atoms with Crippen LogP contribution in [0.1, 0.15) is 53.3 Å². The molecule has 0 saturated heterocycles. The quantitative estimate of drug-likeness (QED) is 0.782. The molecule has 1 aliphatic heterocycles. The first-order valence-corrected chi connectivity index (χ1v) is 9.93. The van der Waals surface area contributed by atoms with E-state index in [1.54, 1.807) is 0 Å². The summed E-state index contributed by atoms with van der Waals surface area (Å²) < 4.78 is 0. The molecule has 0 saturated carbocycles. The van der Waals surface area contributed by atoms with Crippen molar-refractivity contribution in [3.05, 3.63) is 56.8 Å². The van der Waals surface area contributed by atoms with Crippen molar-refractivity contribution in [3.63, 3.8) is 0 Å². The van der Waals surface area contributed by atoms with Crippen molar-refractivity contribution in [2.45, 2.75) is 65.1 Å². The number of nitrogens with two attached hydrogens (primary N) is 1. The van der Waals surface area contributed by atoms with Crippen molar-refractivity contribution in [1.82, 2.24) is 4.90 Å². The van der Waals surface area contributed by atoms with E-state index in [-0.39, 0.29) is 5.54 Å². The smallest absolute Gasteiger partial charge is 0.0240 e. The summed E-state index contributed by atoms with van der Waals surface area (Å²) in [4.78, 5) is 4.03. The first-order valence-electron chi connectivity index (χ1n) is 9.05. The van der Waals surface area contributed by atoms with Crippen LogP contribution >= 0.6 is 11.3 Å². The van der Waals surface area contributed by atoms with E-state index in [1.807, 2.05) is 11.3 Å². The Kier molecular flexibility index (Phi) is 5.43. The van der Waals surface area contributed by atoms with E-state index in [0.29, 0.717) is 0 Å². The molecule has 2 aromatic rings. The maximum Gasteiger partial charge on any atom is 0.0240 e. The summed E-state index contributed by atoms with van der Waals surface area (Å²) >= 11 is 1.85. The summed E-state index contributed by atoms with van der Waals surface area (Å²) in [5.41, 5.74) is 12.3. The van der Waals surface area contributed by atoms with E-state index in [2.05, 4.69) is 55.3 Å². The molecule has 1 aromatic heterocycles. The molecule has 0 bridgehead atoms. The first kappa shape index (κ1) is 17.7. The van der Waals surface area contributed by atoms with Gasteiger partial charge in [-0.3, -0.25) is 4.90 Å². The van der Waals surface area contributed by atoms with Gasteiger partial charge in [-0.05, 0) is 80.2 Å². The molecule has 24 heavy (non-hydrogen) atoms. The summed E-state index contributed by atoms with van der Waals surface area (Å²) in [6, 6.07) is 9.10. The molecule has 1 atom stereocenters. The monoisotopic (exact) mass is 342 g/mol. The zero-order valence-electron chi connectivity index (χ0n) is 15.3. The van der Waals surface area contributed by atoms with Gasteiger partial charge < -0.3 is 5.73 Å². The molecule has 1 unspecified atom stereocenters. The van der Waals surface area contributed by atoms with Crippen molar-refractivity contribution < 1.29 is 0 Å². The summed E-state index contributed by atoms with van der Waals surface area (Å²) in [5, 5.41) is 2.16. The molecule has 2 N–H and O–H groups in total. The second kappa shape index (κ2) is 7.38. The molecule has 0 spiro atoms. The minimum Gasteiger partial charge on any atom is -0.325 e. The molecular formula is C21H30N2S. The number of nitrogens with zero attached hydrogens (tertiary/aromatic N) is 1. The Labute approximate surface area is 150 Å². The van der Waals surface area contributed by atoms with Crippen LogP contribution in [0.25, 0.3) is 0 Å². The van der Waals surface area contributed by atoms with Crippen LogP contribution in [-0.2, 0) is 19.5 Å². The maximum absolute atomic E-state index is 6.56. The topological polar surface area (TPSA) is 29.3 Å².